The van der Waals surface area contributed by atoms with E-state index < -0.39 is 0 Å². The standard InChI is InChI=1S/C19H27N3O2/c1-15(19(23)22-24)13-16-7-9-17(10-8-16)14-20-11-12-21-18-5-3-2-4-6-18/h3,5-10,15,20-21,24H,2,4,11-14H2,1H3,(H,22,23). The maximum absolute atomic E-state index is 11.3. The van der Waals surface area contributed by atoms with E-state index in [1.165, 1.54) is 11.3 Å². The van der Waals surface area contributed by atoms with E-state index in [9.17, 15) is 4.79 Å². The summed E-state index contributed by atoms with van der Waals surface area (Å²) in [5.41, 5.74) is 5.22. The third-order valence-corrected chi connectivity index (χ3v) is 4.08. The molecule has 130 valence electrons. The van der Waals surface area contributed by atoms with E-state index in [0.29, 0.717) is 6.42 Å². The lowest BCUT2D eigenvalue weighted by molar-refractivity contribution is -0.132. The second-order valence-electron chi connectivity index (χ2n) is 6.14. The second kappa shape index (κ2) is 9.90. The number of nitrogens with one attached hydrogen (secondary N) is 3. The molecule has 1 aliphatic rings. The minimum absolute atomic E-state index is 0.242. The Kier molecular flexibility index (Phi) is 7.52. The zero-order valence-electron chi connectivity index (χ0n) is 14.2. The van der Waals surface area contributed by atoms with Gasteiger partial charge in [0.2, 0.25) is 5.91 Å². The molecular formula is C19H27N3O2. The first-order valence-electron chi connectivity index (χ1n) is 8.52. The summed E-state index contributed by atoms with van der Waals surface area (Å²) < 4.78 is 0. The van der Waals surface area contributed by atoms with Crippen LogP contribution in [0, 0.1) is 5.92 Å². The summed E-state index contributed by atoms with van der Waals surface area (Å²) in [6.45, 7) is 4.43. The van der Waals surface area contributed by atoms with Crippen molar-refractivity contribution in [3.05, 3.63) is 59.3 Å². The third-order valence-electron chi connectivity index (χ3n) is 4.08. The Morgan fingerprint density at radius 1 is 1.17 bits per heavy atom. The zero-order chi connectivity index (χ0) is 17.2. The Balaban J connectivity index is 1.65. The van der Waals surface area contributed by atoms with E-state index in [-0.39, 0.29) is 11.8 Å². The number of hydroxylamine groups is 1. The molecule has 0 aromatic heterocycles. The fraction of sp³-hybridized carbons (Fsp3) is 0.421. The highest BCUT2D eigenvalue weighted by atomic mass is 16.5. The quantitative estimate of drug-likeness (QED) is 0.319. The topological polar surface area (TPSA) is 73.4 Å². The Morgan fingerprint density at radius 2 is 1.92 bits per heavy atom. The van der Waals surface area contributed by atoms with Crippen molar-refractivity contribution in [3.63, 3.8) is 0 Å². The van der Waals surface area contributed by atoms with Gasteiger partial charge in [0, 0.05) is 31.2 Å². The normalized spacial score (nSPS) is 14.8. The number of hydrogen-bond acceptors (Lipinski definition) is 4. The van der Waals surface area contributed by atoms with Gasteiger partial charge in [-0.25, -0.2) is 5.48 Å². The molecule has 0 saturated heterocycles. The number of amides is 1. The van der Waals surface area contributed by atoms with E-state index in [1.54, 1.807) is 12.4 Å². The Bertz CT molecular complexity index is 579. The van der Waals surface area contributed by atoms with Crippen molar-refractivity contribution in [2.75, 3.05) is 13.1 Å². The number of hydrogen-bond donors (Lipinski definition) is 4. The summed E-state index contributed by atoms with van der Waals surface area (Å²) in [6.07, 6.45) is 9.45. The van der Waals surface area contributed by atoms with Crippen molar-refractivity contribution >= 4 is 5.91 Å². The molecule has 0 spiro atoms. The largest absolute Gasteiger partial charge is 0.384 e. The van der Waals surface area contributed by atoms with Crippen LogP contribution in [0.4, 0.5) is 0 Å². The van der Waals surface area contributed by atoms with Gasteiger partial charge in [-0.05, 0) is 36.5 Å². The number of carbonyl (C=O) groups excluding carboxylic acids is 1. The molecule has 24 heavy (non-hydrogen) atoms. The zero-order valence-corrected chi connectivity index (χ0v) is 14.2. The van der Waals surface area contributed by atoms with Crippen molar-refractivity contribution in [2.24, 2.45) is 5.92 Å². The molecule has 1 aromatic rings. The van der Waals surface area contributed by atoms with Crippen molar-refractivity contribution in [1.29, 1.82) is 0 Å². The number of benzene rings is 1. The maximum atomic E-state index is 11.3. The lowest BCUT2D eigenvalue weighted by Gasteiger charge is -2.12. The monoisotopic (exact) mass is 329 g/mol. The first-order valence-corrected chi connectivity index (χ1v) is 8.52. The van der Waals surface area contributed by atoms with E-state index in [0.717, 1.165) is 38.0 Å². The highest BCUT2D eigenvalue weighted by molar-refractivity contribution is 5.77. The van der Waals surface area contributed by atoms with Crippen molar-refractivity contribution in [2.45, 2.75) is 32.7 Å². The van der Waals surface area contributed by atoms with Gasteiger partial charge in [0.25, 0.3) is 0 Å². The molecule has 1 unspecified atom stereocenters. The van der Waals surface area contributed by atoms with Gasteiger partial charge in [0.1, 0.15) is 0 Å². The summed E-state index contributed by atoms with van der Waals surface area (Å²) in [6, 6.07) is 8.22. The van der Waals surface area contributed by atoms with Crippen LogP contribution in [0.2, 0.25) is 0 Å². The van der Waals surface area contributed by atoms with Crippen LogP contribution in [-0.4, -0.2) is 24.2 Å². The van der Waals surface area contributed by atoms with E-state index in [4.69, 9.17) is 5.21 Å². The van der Waals surface area contributed by atoms with Crippen molar-refractivity contribution in [1.82, 2.24) is 16.1 Å². The number of allylic oxidation sites excluding steroid dienone is 3. The lowest BCUT2D eigenvalue weighted by Crippen LogP contribution is -2.27. The molecule has 0 fully saturated rings. The first kappa shape index (κ1) is 18.2. The van der Waals surface area contributed by atoms with Crippen LogP contribution in [-0.2, 0) is 17.8 Å². The lowest BCUT2D eigenvalue weighted by atomic mass is 9.99. The second-order valence-corrected chi connectivity index (χ2v) is 6.14. The van der Waals surface area contributed by atoms with Crippen LogP contribution in [0.25, 0.3) is 0 Å². The minimum Gasteiger partial charge on any atom is -0.384 e. The molecule has 1 amide bonds. The van der Waals surface area contributed by atoms with E-state index in [2.05, 4.69) is 41.0 Å². The molecule has 5 heteroatoms. The molecule has 2 rings (SSSR count). The summed E-state index contributed by atoms with van der Waals surface area (Å²) in [5, 5.41) is 15.5. The minimum atomic E-state index is -0.351. The van der Waals surface area contributed by atoms with Crippen LogP contribution < -0.4 is 16.1 Å². The molecule has 0 saturated carbocycles. The molecule has 1 atom stereocenters. The number of rotatable bonds is 9. The maximum Gasteiger partial charge on any atom is 0.246 e. The van der Waals surface area contributed by atoms with Crippen LogP contribution in [0.15, 0.2) is 48.2 Å². The first-order chi connectivity index (χ1) is 11.7. The molecule has 1 aromatic carbocycles. The fourth-order valence-corrected chi connectivity index (χ4v) is 2.62. The molecular weight excluding hydrogens is 302 g/mol. The predicted molar refractivity (Wildman–Crippen MR) is 95.4 cm³/mol. The summed E-state index contributed by atoms with van der Waals surface area (Å²) in [7, 11) is 0. The van der Waals surface area contributed by atoms with Crippen molar-refractivity contribution < 1.29 is 10.0 Å². The fourth-order valence-electron chi connectivity index (χ4n) is 2.62. The highest BCUT2D eigenvalue weighted by Crippen LogP contribution is 2.10. The molecule has 0 heterocycles. The van der Waals surface area contributed by atoms with Crippen LogP contribution in [0.3, 0.4) is 0 Å². The molecule has 1 aliphatic carbocycles. The summed E-state index contributed by atoms with van der Waals surface area (Å²) in [5.74, 6) is -0.593. The summed E-state index contributed by atoms with van der Waals surface area (Å²) >= 11 is 0. The molecule has 0 aliphatic heterocycles. The van der Waals surface area contributed by atoms with Gasteiger partial charge in [-0.1, -0.05) is 43.3 Å². The molecule has 0 radical (unpaired) electrons. The SMILES string of the molecule is CC(Cc1ccc(CNCCNC2=CCCC=C2)cc1)C(=O)NO. The van der Waals surface area contributed by atoms with Crippen LogP contribution >= 0.6 is 0 Å². The van der Waals surface area contributed by atoms with Gasteiger partial charge < -0.3 is 10.6 Å². The van der Waals surface area contributed by atoms with Gasteiger partial charge in [-0.3, -0.25) is 10.0 Å². The van der Waals surface area contributed by atoms with Crippen LogP contribution in [0.1, 0.15) is 30.9 Å². The van der Waals surface area contributed by atoms with Crippen molar-refractivity contribution in [3.8, 4) is 0 Å². The molecule has 5 nitrogen and oxygen atoms in total. The predicted octanol–water partition coefficient (Wildman–Crippen LogP) is 2.28. The van der Waals surface area contributed by atoms with Gasteiger partial charge in [0.15, 0.2) is 0 Å². The average Bonchev–Trinajstić information content (AvgIpc) is 2.63. The smallest absolute Gasteiger partial charge is 0.246 e. The summed E-state index contributed by atoms with van der Waals surface area (Å²) in [4.78, 5) is 11.3. The van der Waals surface area contributed by atoms with Gasteiger partial charge in [-0.2, -0.15) is 0 Å². The average molecular weight is 329 g/mol. The van der Waals surface area contributed by atoms with Crippen LogP contribution in [0.5, 0.6) is 0 Å². The Labute approximate surface area is 143 Å². The van der Waals surface area contributed by atoms with Gasteiger partial charge in [-0.15, -0.1) is 0 Å². The van der Waals surface area contributed by atoms with E-state index >= 15 is 0 Å². The Morgan fingerprint density at radius 3 is 2.58 bits per heavy atom. The highest BCUT2D eigenvalue weighted by Gasteiger charge is 2.12. The Hall–Kier alpha value is -2.11. The number of carbonyl (C=O) groups is 1. The third kappa shape index (κ3) is 6.18. The van der Waals surface area contributed by atoms with E-state index in [1.807, 2.05) is 12.1 Å². The van der Waals surface area contributed by atoms with Gasteiger partial charge >= 0.3 is 0 Å². The molecule has 0 bridgehead atoms. The molecule has 4 N–H and O–H groups in total. The van der Waals surface area contributed by atoms with Gasteiger partial charge in [0.05, 0.1) is 0 Å².